The minimum Gasteiger partial charge on any atom is -0.331 e. The van der Waals surface area contributed by atoms with Gasteiger partial charge in [0.25, 0.3) is 0 Å². The van der Waals surface area contributed by atoms with E-state index in [1.165, 1.54) is 0 Å². The first kappa shape index (κ1) is 26.0. The fourth-order valence-corrected chi connectivity index (χ4v) is 4.93. The maximum Gasteiger partial charge on any atom is 0.245 e. The molecule has 2 amide bonds. The molecule has 38 heavy (non-hydrogen) atoms. The van der Waals surface area contributed by atoms with Gasteiger partial charge in [-0.25, -0.2) is 4.68 Å². The van der Waals surface area contributed by atoms with Crippen LogP contribution in [0, 0.1) is 5.92 Å². The molecule has 0 bridgehead atoms. The summed E-state index contributed by atoms with van der Waals surface area (Å²) in [5, 5.41) is 8.50. The second-order valence-corrected chi connectivity index (χ2v) is 10.6. The van der Waals surface area contributed by atoms with Crippen LogP contribution in [-0.2, 0) is 9.59 Å². The van der Waals surface area contributed by atoms with Gasteiger partial charge in [0.1, 0.15) is 12.4 Å². The normalized spacial score (nSPS) is 16.3. The van der Waals surface area contributed by atoms with Crippen LogP contribution < -0.4 is 5.32 Å². The molecule has 4 aromatic rings. The zero-order chi connectivity index (χ0) is 26.8. The average molecular weight is 547 g/mol. The molecule has 0 aliphatic heterocycles. The quantitative estimate of drug-likeness (QED) is 0.263. The van der Waals surface area contributed by atoms with Gasteiger partial charge < -0.3 is 10.2 Å². The summed E-state index contributed by atoms with van der Waals surface area (Å²) in [6.07, 6.45) is 0.804. The van der Waals surface area contributed by atoms with E-state index in [-0.39, 0.29) is 36.2 Å². The number of rotatable bonds is 8. The molecule has 0 radical (unpaired) electrons. The SMILES string of the molecule is CC(C)N(CC(=O)Nc1cc(-c2ccccc2)nn1-c1ccc(Cl)c(Cl)c1)C(=O)C1CC1c1ccccc1. The van der Waals surface area contributed by atoms with E-state index in [2.05, 4.69) is 17.4 Å². The maximum atomic E-state index is 13.4. The Bertz CT molecular complexity index is 1450. The number of anilines is 1. The van der Waals surface area contributed by atoms with Crippen LogP contribution in [0.2, 0.25) is 10.0 Å². The highest BCUT2D eigenvalue weighted by atomic mass is 35.5. The average Bonchev–Trinajstić information content (AvgIpc) is 3.62. The molecule has 1 heterocycles. The molecule has 0 spiro atoms. The highest BCUT2D eigenvalue weighted by Crippen LogP contribution is 2.48. The van der Waals surface area contributed by atoms with Crippen LogP contribution >= 0.6 is 23.2 Å². The van der Waals surface area contributed by atoms with Gasteiger partial charge in [0, 0.05) is 23.6 Å². The van der Waals surface area contributed by atoms with E-state index in [0.29, 0.717) is 27.2 Å². The van der Waals surface area contributed by atoms with E-state index in [1.807, 2.05) is 68.4 Å². The number of amides is 2. The molecule has 194 valence electrons. The van der Waals surface area contributed by atoms with Crippen molar-refractivity contribution in [2.75, 3.05) is 11.9 Å². The summed E-state index contributed by atoms with van der Waals surface area (Å²) in [7, 11) is 0. The van der Waals surface area contributed by atoms with Crippen molar-refractivity contribution >= 4 is 40.8 Å². The predicted octanol–water partition coefficient (Wildman–Crippen LogP) is 6.83. The van der Waals surface area contributed by atoms with E-state index in [9.17, 15) is 9.59 Å². The lowest BCUT2D eigenvalue weighted by molar-refractivity contribution is -0.137. The zero-order valence-electron chi connectivity index (χ0n) is 21.1. The Morgan fingerprint density at radius 3 is 2.32 bits per heavy atom. The molecule has 1 aliphatic rings. The zero-order valence-corrected chi connectivity index (χ0v) is 22.7. The smallest absolute Gasteiger partial charge is 0.245 e. The van der Waals surface area contributed by atoms with Crippen molar-refractivity contribution in [3.05, 3.63) is 101 Å². The second kappa shape index (κ2) is 11.0. The van der Waals surface area contributed by atoms with Gasteiger partial charge in [-0.15, -0.1) is 0 Å². The van der Waals surface area contributed by atoms with E-state index < -0.39 is 0 Å². The Hall–Kier alpha value is -3.61. The van der Waals surface area contributed by atoms with Gasteiger partial charge in [-0.05, 0) is 49.9 Å². The van der Waals surface area contributed by atoms with Gasteiger partial charge >= 0.3 is 0 Å². The molecule has 5 rings (SSSR count). The van der Waals surface area contributed by atoms with Crippen LogP contribution in [0.3, 0.4) is 0 Å². The Morgan fingerprint density at radius 2 is 1.66 bits per heavy atom. The number of nitrogens with zero attached hydrogens (tertiary/aromatic N) is 3. The third kappa shape index (κ3) is 5.62. The van der Waals surface area contributed by atoms with Gasteiger partial charge in [0.2, 0.25) is 11.8 Å². The summed E-state index contributed by atoms with van der Waals surface area (Å²) < 4.78 is 1.62. The fourth-order valence-electron chi connectivity index (χ4n) is 4.64. The number of hydrogen-bond acceptors (Lipinski definition) is 3. The summed E-state index contributed by atoms with van der Waals surface area (Å²) in [6.45, 7) is 3.80. The second-order valence-electron chi connectivity index (χ2n) is 9.76. The molecule has 1 N–H and O–H groups in total. The maximum absolute atomic E-state index is 13.4. The van der Waals surface area contributed by atoms with E-state index in [4.69, 9.17) is 28.3 Å². The number of nitrogens with one attached hydrogen (secondary N) is 1. The number of hydrogen-bond donors (Lipinski definition) is 1. The molecule has 0 saturated heterocycles. The monoisotopic (exact) mass is 546 g/mol. The highest BCUT2D eigenvalue weighted by molar-refractivity contribution is 6.42. The lowest BCUT2D eigenvalue weighted by Crippen LogP contribution is -2.43. The van der Waals surface area contributed by atoms with E-state index in [0.717, 1.165) is 17.5 Å². The predicted molar refractivity (Wildman–Crippen MR) is 152 cm³/mol. The molecular weight excluding hydrogens is 519 g/mol. The van der Waals surface area contributed by atoms with Gasteiger partial charge in [0.05, 0.1) is 21.4 Å². The summed E-state index contributed by atoms with van der Waals surface area (Å²) in [6, 6.07) is 26.6. The van der Waals surface area contributed by atoms with Crippen molar-refractivity contribution in [1.82, 2.24) is 14.7 Å². The summed E-state index contributed by atoms with van der Waals surface area (Å²) in [5.41, 5.74) is 3.41. The number of carbonyl (C=O) groups is 2. The van der Waals surface area contributed by atoms with Crippen molar-refractivity contribution in [2.24, 2.45) is 5.92 Å². The van der Waals surface area contributed by atoms with Gasteiger partial charge in [0.15, 0.2) is 0 Å². The summed E-state index contributed by atoms with van der Waals surface area (Å²) >= 11 is 12.4. The van der Waals surface area contributed by atoms with Crippen molar-refractivity contribution in [1.29, 1.82) is 0 Å². The van der Waals surface area contributed by atoms with Gasteiger partial charge in [-0.3, -0.25) is 9.59 Å². The Labute approximate surface area is 232 Å². The van der Waals surface area contributed by atoms with Crippen LogP contribution in [0.15, 0.2) is 84.9 Å². The molecule has 2 atom stereocenters. The topological polar surface area (TPSA) is 67.2 Å². The lowest BCUT2D eigenvalue weighted by Gasteiger charge is -2.26. The molecular formula is C30H28Cl2N4O2. The van der Waals surface area contributed by atoms with E-state index >= 15 is 0 Å². The van der Waals surface area contributed by atoms with Crippen molar-refractivity contribution in [3.63, 3.8) is 0 Å². The Morgan fingerprint density at radius 1 is 0.974 bits per heavy atom. The van der Waals surface area contributed by atoms with E-state index in [1.54, 1.807) is 27.8 Å². The largest absolute Gasteiger partial charge is 0.331 e. The first-order chi connectivity index (χ1) is 18.3. The lowest BCUT2D eigenvalue weighted by atomic mass is 10.1. The van der Waals surface area contributed by atoms with Crippen molar-refractivity contribution in [2.45, 2.75) is 32.2 Å². The fraction of sp³-hybridized carbons (Fsp3) is 0.233. The molecule has 3 aromatic carbocycles. The number of halogens is 2. The van der Waals surface area contributed by atoms with Crippen LogP contribution in [-0.4, -0.2) is 39.1 Å². The number of aromatic nitrogens is 2. The summed E-state index contributed by atoms with van der Waals surface area (Å²) in [4.78, 5) is 28.3. The summed E-state index contributed by atoms with van der Waals surface area (Å²) in [5.74, 6) is 0.283. The molecule has 1 saturated carbocycles. The molecule has 8 heteroatoms. The Balaban J connectivity index is 1.37. The van der Waals surface area contributed by atoms with Crippen LogP contribution in [0.5, 0.6) is 0 Å². The van der Waals surface area contributed by atoms with Crippen LogP contribution in [0.1, 0.15) is 31.7 Å². The molecule has 6 nitrogen and oxygen atoms in total. The van der Waals surface area contributed by atoms with Crippen LogP contribution in [0.4, 0.5) is 5.82 Å². The first-order valence-electron chi connectivity index (χ1n) is 12.6. The molecule has 1 aromatic heterocycles. The molecule has 1 aliphatic carbocycles. The minimum atomic E-state index is -0.301. The highest BCUT2D eigenvalue weighted by Gasteiger charge is 2.46. The minimum absolute atomic E-state index is 0.00645. The third-order valence-electron chi connectivity index (χ3n) is 6.75. The number of benzene rings is 3. The van der Waals surface area contributed by atoms with Gasteiger partial charge in [-0.2, -0.15) is 5.10 Å². The number of carbonyl (C=O) groups excluding carboxylic acids is 2. The van der Waals surface area contributed by atoms with Crippen LogP contribution in [0.25, 0.3) is 16.9 Å². The van der Waals surface area contributed by atoms with Crippen molar-refractivity contribution < 1.29 is 9.59 Å². The Kier molecular flexibility index (Phi) is 7.54. The third-order valence-corrected chi connectivity index (χ3v) is 7.49. The van der Waals surface area contributed by atoms with Gasteiger partial charge in [-0.1, -0.05) is 83.9 Å². The molecule has 2 unspecified atom stereocenters. The standard InChI is InChI=1S/C30H28Cl2N4O2/c1-19(2)35(30(38)24-16-23(24)20-9-5-3-6-10-20)18-29(37)33-28-17-27(21-11-7-4-8-12-21)34-36(28)22-13-14-25(31)26(32)15-22/h3-15,17,19,23-24H,16,18H2,1-2H3,(H,33,37). The van der Waals surface area contributed by atoms with Crippen molar-refractivity contribution in [3.8, 4) is 16.9 Å². The first-order valence-corrected chi connectivity index (χ1v) is 13.3. The molecule has 1 fully saturated rings.